The van der Waals surface area contributed by atoms with Crippen LogP contribution < -0.4 is 0 Å². The molecule has 9 heteroatoms. The summed E-state index contributed by atoms with van der Waals surface area (Å²) in [7, 11) is -1.48. The molecule has 1 fully saturated rings. The van der Waals surface area contributed by atoms with E-state index in [9.17, 15) is 8.42 Å². The van der Waals surface area contributed by atoms with Gasteiger partial charge in [0.25, 0.3) is 10.0 Å². The Morgan fingerprint density at radius 3 is 2.90 bits per heavy atom. The highest BCUT2D eigenvalue weighted by molar-refractivity contribution is 9.10. The largest absolute Gasteiger partial charge is 0.347 e. The number of sulfonamides is 1. The predicted octanol–water partition coefficient (Wildman–Crippen LogP) is 1.91. The maximum absolute atomic E-state index is 12.7. The fourth-order valence-corrected chi connectivity index (χ4v) is 6.29. The number of likely N-dealkylation sites (N-methyl/N-ethyl adjacent to an activating group) is 1. The average molecular weight is 391 g/mol. The van der Waals surface area contributed by atoms with E-state index >= 15 is 0 Å². The molecular formula is C12H15BrN4O2S2. The maximum Gasteiger partial charge on any atom is 0.253 e. The van der Waals surface area contributed by atoms with Gasteiger partial charge in [-0.1, -0.05) is 0 Å². The first-order chi connectivity index (χ1) is 10.00. The molecule has 3 rings (SSSR count). The van der Waals surface area contributed by atoms with Gasteiger partial charge in [-0.05, 0) is 34.4 Å². The highest BCUT2D eigenvalue weighted by Gasteiger charge is 2.35. The number of rotatable bonds is 3. The van der Waals surface area contributed by atoms with E-state index in [0.29, 0.717) is 28.3 Å². The molecule has 1 atom stereocenters. The fraction of sp³-hybridized carbons (Fsp3) is 0.417. The number of nitrogens with one attached hydrogen (secondary N) is 1. The van der Waals surface area contributed by atoms with Crippen LogP contribution in [0.2, 0.25) is 0 Å². The third-order valence-corrected chi connectivity index (χ3v) is 8.12. The van der Waals surface area contributed by atoms with Crippen molar-refractivity contribution in [1.29, 1.82) is 0 Å². The van der Waals surface area contributed by atoms with Gasteiger partial charge in [-0.15, -0.1) is 11.3 Å². The van der Waals surface area contributed by atoms with Crippen molar-refractivity contribution in [3.63, 3.8) is 0 Å². The van der Waals surface area contributed by atoms with Crippen LogP contribution in [0, 0.1) is 0 Å². The summed E-state index contributed by atoms with van der Waals surface area (Å²) < 4.78 is 28.0. The van der Waals surface area contributed by atoms with Gasteiger partial charge in [0.15, 0.2) is 0 Å². The molecule has 2 aromatic heterocycles. The van der Waals surface area contributed by atoms with Crippen LogP contribution in [0.1, 0.15) is 11.9 Å². The molecule has 0 saturated carbocycles. The second kappa shape index (κ2) is 5.81. The van der Waals surface area contributed by atoms with Crippen molar-refractivity contribution >= 4 is 37.3 Å². The van der Waals surface area contributed by atoms with Crippen LogP contribution in [0.4, 0.5) is 0 Å². The third kappa shape index (κ3) is 2.80. The van der Waals surface area contributed by atoms with Crippen molar-refractivity contribution in [2.75, 3.05) is 26.7 Å². The molecule has 0 aromatic carbocycles. The Labute approximate surface area is 136 Å². The summed E-state index contributed by atoms with van der Waals surface area (Å²) in [5.41, 5.74) is 0. The molecule has 0 unspecified atom stereocenters. The smallest absolute Gasteiger partial charge is 0.253 e. The van der Waals surface area contributed by atoms with E-state index in [4.69, 9.17) is 0 Å². The number of aromatic nitrogens is 2. The molecule has 2 aromatic rings. The minimum Gasteiger partial charge on any atom is -0.347 e. The van der Waals surface area contributed by atoms with Crippen LogP contribution in [0.5, 0.6) is 0 Å². The average Bonchev–Trinajstić information content (AvgIpc) is 3.10. The monoisotopic (exact) mass is 390 g/mol. The minimum atomic E-state index is -3.46. The lowest BCUT2D eigenvalue weighted by Gasteiger charge is -2.37. The van der Waals surface area contributed by atoms with Crippen molar-refractivity contribution < 1.29 is 8.42 Å². The van der Waals surface area contributed by atoms with Crippen LogP contribution in [0.25, 0.3) is 0 Å². The van der Waals surface area contributed by atoms with E-state index < -0.39 is 10.0 Å². The Bertz CT molecular complexity index is 713. The van der Waals surface area contributed by atoms with Crippen LogP contribution in [0.3, 0.4) is 0 Å². The van der Waals surface area contributed by atoms with E-state index in [1.807, 2.05) is 7.05 Å². The number of hydrogen-bond donors (Lipinski definition) is 1. The topological polar surface area (TPSA) is 69.3 Å². The second-order valence-electron chi connectivity index (χ2n) is 4.89. The van der Waals surface area contributed by atoms with E-state index in [1.54, 1.807) is 23.8 Å². The normalized spacial score (nSPS) is 21.7. The van der Waals surface area contributed by atoms with Crippen molar-refractivity contribution in [3.05, 3.63) is 34.1 Å². The summed E-state index contributed by atoms with van der Waals surface area (Å²) in [4.78, 5) is 9.46. The summed E-state index contributed by atoms with van der Waals surface area (Å²) >= 11 is 4.55. The fourth-order valence-electron chi connectivity index (χ4n) is 2.40. The molecular weight excluding hydrogens is 376 g/mol. The van der Waals surface area contributed by atoms with Gasteiger partial charge < -0.3 is 4.98 Å². The minimum absolute atomic E-state index is 0.0535. The molecule has 3 heterocycles. The Morgan fingerprint density at radius 1 is 1.48 bits per heavy atom. The molecule has 0 aliphatic carbocycles. The zero-order valence-electron chi connectivity index (χ0n) is 11.4. The van der Waals surface area contributed by atoms with Gasteiger partial charge in [-0.25, -0.2) is 13.4 Å². The van der Waals surface area contributed by atoms with Crippen molar-refractivity contribution in [3.8, 4) is 0 Å². The highest BCUT2D eigenvalue weighted by Crippen LogP contribution is 2.32. The molecule has 21 heavy (non-hydrogen) atoms. The van der Waals surface area contributed by atoms with Gasteiger partial charge in [0.1, 0.15) is 10.0 Å². The SMILES string of the molecule is CN1CCN(S(=O)(=O)c2sccc2Br)C[C@@H]1c1ncc[nH]1. The number of hydrogen-bond acceptors (Lipinski definition) is 5. The molecule has 0 amide bonds. The molecule has 6 nitrogen and oxygen atoms in total. The maximum atomic E-state index is 12.7. The summed E-state index contributed by atoms with van der Waals surface area (Å²) in [5.74, 6) is 0.794. The molecule has 0 radical (unpaired) electrons. The summed E-state index contributed by atoms with van der Waals surface area (Å²) in [5, 5.41) is 1.77. The zero-order valence-corrected chi connectivity index (χ0v) is 14.6. The summed E-state index contributed by atoms with van der Waals surface area (Å²) in [6, 6.07) is 1.71. The van der Waals surface area contributed by atoms with Crippen LogP contribution in [-0.4, -0.2) is 54.3 Å². The predicted molar refractivity (Wildman–Crippen MR) is 84.7 cm³/mol. The third-order valence-electron chi connectivity index (χ3n) is 3.60. The number of halogens is 1. The lowest BCUT2D eigenvalue weighted by molar-refractivity contribution is 0.142. The quantitative estimate of drug-likeness (QED) is 0.868. The van der Waals surface area contributed by atoms with Gasteiger partial charge in [-0.2, -0.15) is 4.31 Å². The number of imidazole rings is 1. The van der Waals surface area contributed by atoms with Gasteiger partial charge in [0, 0.05) is 36.5 Å². The Kier molecular flexibility index (Phi) is 4.19. The Balaban J connectivity index is 1.89. The second-order valence-corrected chi connectivity index (χ2v) is 8.79. The number of piperazine rings is 1. The first-order valence-electron chi connectivity index (χ1n) is 6.43. The van der Waals surface area contributed by atoms with Crippen LogP contribution >= 0.6 is 27.3 Å². The van der Waals surface area contributed by atoms with Crippen LogP contribution in [-0.2, 0) is 10.0 Å². The molecule has 1 aliphatic heterocycles. The first-order valence-corrected chi connectivity index (χ1v) is 9.54. The zero-order chi connectivity index (χ0) is 15.0. The van der Waals surface area contributed by atoms with Gasteiger partial charge in [-0.3, -0.25) is 4.90 Å². The van der Waals surface area contributed by atoms with E-state index in [2.05, 4.69) is 30.8 Å². The lowest BCUT2D eigenvalue weighted by Crippen LogP contribution is -2.49. The number of H-pyrrole nitrogens is 1. The summed E-state index contributed by atoms with van der Waals surface area (Å²) in [6.07, 6.45) is 3.44. The molecule has 1 saturated heterocycles. The van der Waals surface area contributed by atoms with Crippen molar-refractivity contribution in [2.45, 2.75) is 10.3 Å². The van der Waals surface area contributed by atoms with E-state index in [-0.39, 0.29) is 6.04 Å². The van der Waals surface area contributed by atoms with Gasteiger partial charge >= 0.3 is 0 Å². The van der Waals surface area contributed by atoms with Crippen LogP contribution in [0.15, 0.2) is 32.5 Å². The first kappa shape index (κ1) is 15.2. The lowest BCUT2D eigenvalue weighted by atomic mass is 10.2. The number of nitrogens with zero attached hydrogens (tertiary/aromatic N) is 3. The molecule has 114 valence electrons. The molecule has 1 aliphatic rings. The van der Waals surface area contributed by atoms with E-state index in [0.717, 1.165) is 5.82 Å². The number of aromatic amines is 1. The highest BCUT2D eigenvalue weighted by atomic mass is 79.9. The number of thiophene rings is 1. The van der Waals surface area contributed by atoms with Gasteiger partial charge in [0.05, 0.1) is 6.04 Å². The summed E-state index contributed by atoms with van der Waals surface area (Å²) in [6.45, 7) is 1.56. The van der Waals surface area contributed by atoms with E-state index in [1.165, 1.54) is 15.6 Å². The van der Waals surface area contributed by atoms with Gasteiger partial charge in [0.2, 0.25) is 0 Å². The molecule has 0 spiro atoms. The van der Waals surface area contributed by atoms with Crippen molar-refractivity contribution in [1.82, 2.24) is 19.2 Å². The Morgan fingerprint density at radius 2 is 2.29 bits per heavy atom. The standard InChI is InChI=1S/C12H15BrN4O2S2/c1-16-5-6-17(8-10(16)11-14-3-4-15-11)21(18,19)12-9(13)2-7-20-12/h2-4,7,10H,5-6,8H2,1H3,(H,14,15)/t10-/m1/s1. The molecule has 1 N–H and O–H groups in total. The molecule has 0 bridgehead atoms. The Hall–Kier alpha value is -0.740. The van der Waals surface area contributed by atoms with Crippen molar-refractivity contribution in [2.24, 2.45) is 0 Å².